The van der Waals surface area contributed by atoms with Gasteiger partial charge in [0.2, 0.25) is 11.9 Å². The maximum atomic E-state index is 6.57. The predicted octanol–water partition coefficient (Wildman–Crippen LogP) is 3.31. The van der Waals surface area contributed by atoms with Crippen LogP contribution >= 0.6 is 11.6 Å². The lowest BCUT2D eigenvalue weighted by Gasteiger charge is -2.45. The lowest BCUT2D eigenvalue weighted by molar-refractivity contribution is 0.183. The first kappa shape index (κ1) is 20.3. The number of ether oxygens (including phenoxy) is 1. The van der Waals surface area contributed by atoms with Gasteiger partial charge in [0, 0.05) is 12.2 Å². The van der Waals surface area contributed by atoms with E-state index in [1.807, 2.05) is 23.1 Å². The number of hydrogen-bond acceptors (Lipinski definition) is 7. The van der Waals surface area contributed by atoms with Crippen LogP contribution in [0.4, 0.5) is 5.69 Å². The molecule has 2 heterocycles. The van der Waals surface area contributed by atoms with Crippen LogP contribution in [0.5, 0.6) is 5.75 Å². The number of nitrogens with zero attached hydrogens (tertiary/aromatic N) is 4. The molecule has 3 aliphatic rings. The summed E-state index contributed by atoms with van der Waals surface area (Å²) in [5, 5.41) is 0.572. The zero-order chi connectivity index (χ0) is 20.3. The van der Waals surface area contributed by atoms with Crippen LogP contribution in [0.15, 0.2) is 28.2 Å². The predicted molar refractivity (Wildman–Crippen MR) is 119 cm³/mol. The van der Waals surface area contributed by atoms with Crippen LogP contribution in [-0.2, 0) is 0 Å². The smallest absolute Gasteiger partial charge is 0.220 e. The van der Waals surface area contributed by atoms with Crippen LogP contribution in [0, 0.1) is 0 Å². The van der Waals surface area contributed by atoms with Gasteiger partial charge in [-0.15, -0.1) is 0 Å². The second-order valence-corrected chi connectivity index (χ2v) is 8.59. The largest absolute Gasteiger partial charge is 0.491 e. The minimum absolute atomic E-state index is 0.254. The highest BCUT2D eigenvalue weighted by molar-refractivity contribution is 6.32. The molecule has 0 radical (unpaired) electrons. The van der Waals surface area contributed by atoms with E-state index in [0.29, 0.717) is 23.3 Å². The number of hydrogen-bond donors (Lipinski definition) is 2. The molecule has 1 aromatic rings. The van der Waals surface area contributed by atoms with Crippen molar-refractivity contribution in [3.05, 3.63) is 23.2 Å². The van der Waals surface area contributed by atoms with Crippen LogP contribution in [0.25, 0.3) is 0 Å². The van der Waals surface area contributed by atoms with Gasteiger partial charge in [0.1, 0.15) is 18.0 Å². The van der Waals surface area contributed by atoms with Crippen molar-refractivity contribution in [2.75, 3.05) is 31.1 Å². The summed E-state index contributed by atoms with van der Waals surface area (Å²) in [5.41, 5.74) is 12.6. The lowest BCUT2D eigenvalue weighted by Crippen LogP contribution is -2.58. The topological polar surface area (TPSA) is 92.5 Å². The van der Waals surface area contributed by atoms with Gasteiger partial charge in [0.25, 0.3) is 0 Å². The number of guanidine groups is 2. The summed E-state index contributed by atoms with van der Waals surface area (Å²) >= 11 is 6.57. The molecule has 2 fully saturated rings. The number of benzene rings is 1. The van der Waals surface area contributed by atoms with Gasteiger partial charge in [0.15, 0.2) is 0 Å². The quantitative estimate of drug-likeness (QED) is 0.765. The third-order valence-corrected chi connectivity index (χ3v) is 6.43. The highest BCUT2D eigenvalue weighted by atomic mass is 35.5. The van der Waals surface area contributed by atoms with Crippen LogP contribution < -0.4 is 21.1 Å². The van der Waals surface area contributed by atoms with E-state index in [4.69, 9.17) is 32.8 Å². The fourth-order valence-electron chi connectivity index (χ4n) is 4.71. The molecular weight excluding hydrogens is 388 g/mol. The molecule has 8 heteroatoms. The van der Waals surface area contributed by atoms with E-state index in [-0.39, 0.29) is 5.96 Å². The van der Waals surface area contributed by atoms with Gasteiger partial charge in [-0.3, -0.25) is 9.80 Å². The summed E-state index contributed by atoms with van der Waals surface area (Å²) in [6, 6.07) is 5.80. The molecule has 158 valence electrons. The number of aliphatic imine (C=N–C) groups is 2. The second-order valence-electron chi connectivity index (χ2n) is 8.18. The molecule has 7 nitrogen and oxygen atoms in total. The summed E-state index contributed by atoms with van der Waals surface area (Å²) in [6.07, 6.45) is 9.08. The zero-order valence-corrected chi connectivity index (χ0v) is 17.7. The molecule has 1 saturated heterocycles. The van der Waals surface area contributed by atoms with E-state index in [2.05, 4.69) is 9.89 Å². The SMILES string of the molecule is NC1=NC2(CCCCC2)N(c2ccc(OCCN3CCCCC3)c(Cl)c2)C(N)=N1. The number of anilines is 1. The van der Waals surface area contributed by atoms with Gasteiger partial charge >= 0.3 is 0 Å². The standard InChI is InChI=1S/C21H31ClN6O/c22-17-15-16(7-8-18(17)29-14-13-27-11-5-2-6-12-27)28-20(24)25-19(23)26-21(28)9-3-1-4-10-21/h7-8,15H,1-6,9-14H2,(H4,23,24,25,26). The Bertz CT molecular complexity index is 783. The van der Waals surface area contributed by atoms with Gasteiger partial charge in [0.05, 0.1) is 5.02 Å². The van der Waals surface area contributed by atoms with Crippen LogP contribution in [-0.4, -0.2) is 48.7 Å². The minimum Gasteiger partial charge on any atom is -0.491 e. The Hall–Kier alpha value is -1.99. The van der Waals surface area contributed by atoms with Crippen molar-refractivity contribution in [1.82, 2.24) is 4.90 Å². The third-order valence-electron chi connectivity index (χ3n) is 6.14. The molecule has 0 bridgehead atoms. The molecule has 1 saturated carbocycles. The van der Waals surface area contributed by atoms with Crippen LogP contribution in [0.3, 0.4) is 0 Å². The molecule has 1 spiro atoms. The third kappa shape index (κ3) is 4.46. The van der Waals surface area contributed by atoms with E-state index >= 15 is 0 Å². The first-order chi connectivity index (χ1) is 14.1. The van der Waals surface area contributed by atoms with Crippen molar-refractivity contribution in [2.24, 2.45) is 21.5 Å². The van der Waals surface area contributed by atoms with Crippen molar-refractivity contribution in [2.45, 2.75) is 57.0 Å². The van der Waals surface area contributed by atoms with Crippen LogP contribution in [0.2, 0.25) is 5.02 Å². The van der Waals surface area contributed by atoms with Crippen LogP contribution in [0.1, 0.15) is 51.4 Å². The molecule has 2 aliphatic heterocycles. The minimum atomic E-state index is -0.464. The Kier molecular flexibility index (Phi) is 6.15. The Morgan fingerprint density at radius 1 is 1.03 bits per heavy atom. The monoisotopic (exact) mass is 418 g/mol. The van der Waals surface area contributed by atoms with Gasteiger partial charge in [-0.05, 0) is 69.8 Å². The maximum Gasteiger partial charge on any atom is 0.220 e. The molecule has 1 aromatic carbocycles. The van der Waals surface area contributed by atoms with Crippen molar-refractivity contribution in [3.8, 4) is 5.75 Å². The first-order valence-corrected chi connectivity index (χ1v) is 11.1. The number of piperidine rings is 1. The number of nitrogens with two attached hydrogens (primary N) is 2. The zero-order valence-electron chi connectivity index (χ0n) is 16.9. The fourth-order valence-corrected chi connectivity index (χ4v) is 4.94. The van der Waals surface area contributed by atoms with Crippen molar-refractivity contribution < 1.29 is 4.74 Å². The van der Waals surface area contributed by atoms with E-state index in [1.54, 1.807) is 0 Å². The summed E-state index contributed by atoms with van der Waals surface area (Å²) in [4.78, 5) is 13.4. The molecule has 0 amide bonds. The second kappa shape index (κ2) is 8.79. The van der Waals surface area contributed by atoms with E-state index in [9.17, 15) is 0 Å². The highest BCUT2D eigenvalue weighted by Crippen LogP contribution is 2.41. The van der Waals surface area contributed by atoms with Gasteiger partial charge in [-0.2, -0.15) is 4.99 Å². The number of likely N-dealkylation sites (tertiary alicyclic amines) is 1. The van der Waals surface area contributed by atoms with Crippen molar-refractivity contribution in [3.63, 3.8) is 0 Å². The van der Waals surface area contributed by atoms with E-state index < -0.39 is 5.66 Å². The van der Waals surface area contributed by atoms with E-state index in [1.165, 1.54) is 25.7 Å². The van der Waals surface area contributed by atoms with E-state index in [0.717, 1.165) is 51.0 Å². The first-order valence-electron chi connectivity index (χ1n) is 10.7. The molecule has 4 N–H and O–H groups in total. The number of halogens is 1. The fraction of sp³-hybridized carbons (Fsp3) is 0.619. The lowest BCUT2D eigenvalue weighted by atomic mass is 9.87. The molecule has 0 unspecified atom stereocenters. The Morgan fingerprint density at radius 3 is 2.48 bits per heavy atom. The molecule has 29 heavy (non-hydrogen) atoms. The highest BCUT2D eigenvalue weighted by Gasteiger charge is 2.42. The Morgan fingerprint density at radius 2 is 1.76 bits per heavy atom. The van der Waals surface area contributed by atoms with Crippen molar-refractivity contribution >= 4 is 29.2 Å². The van der Waals surface area contributed by atoms with Crippen molar-refractivity contribution in [1.29, 1.82) is 0 Å². The van der Waals surface area contributed by atoms with Gasteiger partial charge in [-0.25, -0.2) is 4.99 Å². The molecule has 0 atom stereocenters. The average Bonchev–Trinajstić information content (AvgIpc) is 2.70. The van der Waals surface area contributed by atoms with Gasteiger partial charge in [-0.1, -0.05) is 24.4 Å². The molecular formula is C21H31ClN6O. The average molecular weight is 419 g/mol. The van der Waals surface area contributed by atoms with Gasteiger partial charge < -0.3 is 16.2 Å². The Balaban J connectivity index is 1.48. The summed E-state index contributed by atoms with van der Waals surface area (Å²) in [5.74, 6) is 1.32. The molecule has 4 rings (SSSR count). The maximum absolute atomic E-state index is 6.57. The molecule has 1 aliphatic carbocycles. The normalized spacial score (nSPS) is 22.3. The molecule has 0 aromatic heterocycles. The number of rotatable bonds is 5. The Labute approximate surface area is 177 Å². The summed E-state index contributed by atoms with van der Waals surface area (Å²) in [6.45, 7) is 3.89. The summed E-state index contributed by atoms with van der Waals surface area (Å²) < 4.78 is 5.96. The summed E-state index contributed by atoms with van der Waals surface area (Å²) in [7, 11) is 0.